The Kier molecular flexibility index (Phi) is 3.47. The van der Waals surface area contributed by atoms with Crippen molar-refractivity contribution in [3.05, 3.63) is 35.5 Å². The van der Waals surface area contributed by atoms with Gasteiger partial charge in [-0.3, -0.25) is 9.59 Å². The molecule has 2 aromatic rings. The maximum absolute atomic E-state index is 13.3. The molecule has 6 heteroatoms. The second kappa shape index (κ2) is 5.58. The van der Waals surface area contributed by atoms with Crippen molar-refractivity contribution in [1.29, 1.82) is 0 Å². The highest BCUT2D eigenvalue weighted by Crippen LogP contribution is 2.57. The number of H-pyrrole nitrogens is 1. The van der Waals surface area contributed by atoms with Crippen molar-refractivity contribution in [3.63, 3.8) is 0 Å². The van der Waals surface area contributed by atoms with E-state index >= 15 is 0 Å². The van der Waals surface area contributed by atoms with Gasteiger partial charge in [-0.25, -0.2) is 0 Å². The summed E-state index contributed by atoms with van der Waals surface area (Å²) in [7, 11) is 1.41. The third-order valence-electron chi connectivity index (χ3n) is 7.04. The van der Waals surface area contributed by atoms with Crippen LogP contribution in [0.5, 0.6) is 0 Å². The molecule has 1 aliphatic carbocycles. The average Bonchev–Trinajstić information content (AvgIpc) is 3.05. The molecule has 0 radical (unpaired) electrons. The number of benzene rings is 1. The second-order valence-corrected chi connectivity index (χ2v) is 8.18. The number of aromatic amines is 1. The van der Waals surface area contributed by atoms with Gasteiger partial charge >= 0.3 is 5.97 Å². The lowest BCUT2D eigenvalue weighted by molar-refractivity contribution is -0.174. The topological polar surface area (TPSA) is 82.6 Å². The van der Waals surface area contributed by atoms with Gasteiger partial charge in [0, 0.05) is 28.1 Å². The van der Waals surface area contributed by atoms with Crippen LogP contribution >= 0.6 is 0 Å². The van der Waals surface area contributed by atoms with Crippen LogP contribution < -0.4 is 0 Å². The van der Waals surface area contributed by atoms with E-state index in [0.29, 0.717) is 6.42 Å². The summed E-state index contributed by atoms with van der Waals surface area (Å²) < 4.78 is 5.31. The molecule has 4 heterocycles. The Hall–Kier alpha value is -2.34. The lowest BCUT2D eigenvalue weighted by Crippen LogP contribution is -2.69. The summed E-state index contributed by atoms with van der Waals surface area (Å²) in [5.41, 5.74) is 1.44. The van der Waals surface area contributed by atoms with Crippen LogP contribution in [0.2, 0.25) is 0 Å². The molecule has 6 rings (SSSR count). The van der Waals surface area contributed by atoms with E-state index in [-0.39, 0.29) is 36.3 Å². The van der Waals surface area contributed by atoms with Gasteiger partial charge in [0.2, 0.25) is 5.91 Å². The number of fused-ring (bicyclic) bond motifs is 4. The quantitative estimate of drug-likeness (QED) is 0.797. The Bertz CT molecular complexity index is 951. The summed E-state index contributed by atoms with van der Waals surface area (Å²) >= 11 is 0. The third-order valence-corrected chi connectivity index (χ3v) is 7.04. The molecule has 6 nitrogen and oxygen atoms in total. The first-order valence-electron chi connectivity index (χ1n) is 9.71. The van der Waals surface area contributed by atoms with Crippen LogP contribution in [0.3, 0.4) is 0 Å². The number of methoxy groups -OCH3 is 1. The number of para-hydroxylation sites is 1. The molecule has 3 fully saturated rings. The number of hydrogen-bond donors (Lipinski definition) is 2. The first kappa shape index (κ1) is 16.8. The van der Waals surface area contributed by atoms with Crippen molar-refractivity contribution >= 4 is 22.8 Å². The molecule has 1 aromatic carbocycles. The standard InChI is InChI=1S/C21H24N2O4/c1-3-11-8-12-9-21(20(26)27-2)17-16(13-6-4-5-7-14(13)22-17)15(24)10-23(18(11)21)19(12)25/h4-7,11-12,15,18,22,24H,3,8-10H2,1-2H3. The van der Waals surface area contributed by atoms with Crippen molar-refractivity contribution < 1.29 is 19.4 Å². The first-order valence-corrected chi connectivity index (χ1v) is 9.71. The van der Waals surface area contributed by atoms with E-state index < -0.39 is 11.5 Å². The second-order valence-electron chi connectivity index (χ2n) is 8.18. The van der Waals surface area contributed by atoms with E-state index in [1.165, 1.54) is 7.11 Å². The normalized spacial score (nSPS) is 34.5. The van der Waals surface area contributed by atoms with Crippen molar-refractivity contribution in [2.75, 3.05) is 13.7 Å². The average molecular weight is 368 g/mol. The van der Waals surface area contributed by atoms with Crippen molar-refractivity contribution in [2.45, 2.75) is 43.7 Å². The van der Waals surface area contributed by atoms with Gasteiger partial charge in [0.25, 0.3) is 0 Å². The maximum Gasteiger partial charge on any atom is 0.319 e. The van der Waals surface area contributed by atoms with Gasteiger partial charge in [0.05, 0.1) is 25.8 Å². The number of amides is 1. The van der Waals surface area contributed by atoms with E-state index in [1.807, 2.05) is 24.3 Å². The Labute approximate surface area is 157 Å². The molecule has 0 spiro atoms. The van der Waals surface area contributed by atoms with Crippen LogP contribution in [0.4, 0.5) is 0 Å². The molecule has 4 bridgehead atoms. The molecule has 5 unspecified atom stereocenters. The molecule has 2 saturated heterocycles. The number of nitrogens with zero attached hydrogens (tertiary/aromatic N) is 1. The van der Waals surface area contributed by atoms with E-state index in [2.05, 4.69) is 11.9 Å². The summed E-state index contributed by atoms with van der Waals surface area (Å²) in [6.45, 7) is 2.33. The fourth-order valence-electron chi connectivity index (χ4n) is 6.04. The molecule has 1 saturated carbocycles. The minimum Gasteiger partial charge on any atom is -0.468 e. The minimum absolute atomic E-state index is 0.0673. The number of piperidine rings is 2. The van der Waals surface area contributed by atoms with Crippen LogP contribution in [0.1, 0.15) is 43.5 Å². The highest BCUT2D eigenvalue weighted by Gasteiger charge is 2.66. The largest absolute Gasteiger partial charge is 0.468 e. The van der Waals surface area contributed by atoms with E-state index in [0.717, 1.165) is 35.0 Å². The van der Waals surface area contributed by atoms with Crippen LogP contribution in [-0.2, 0) is 19.7 Å². The fraction of sp³-hybridized carbons (Fsp3) is 0.524. The summed E-state index contributed by atoms with van der Waals surface area (Å²) in [4.78, 5) is 31.5. The van der Waals surface area contributed by atoms with Gasteiger partial charge in [0.15, 0.2) is 0 Å². The van der Waals surface area contributed by atoms with Gasteiger partial charge in [-0.1, -0.05) is 31.5 Å². The Morgan fingerprint density at radius 2 is 2.19 bits per heavy atom. The highest BCUT2D eigenvalue weighted by molar-refractivity contribution is 5.95. The molecule has 142 valence electrons. The predicted molar refractivity (Wildman–Crippen MR) is 99.0 cm³/mol. The van der Waals surface area contributed by atoms with Crippen molar-refractivity contribution in [3.8, 4) is 0 Å². The molecule has 4 aliphatic rings. The van der Waals surface area contributed by atoms with Gasteiger partial charge in [-0.05, 0) is 24.8 Å². The molecule has 27 heavy (non-hydrogen) atoms. The number of carbonyl (C=O) groups is 2. The summed E-state index contributed by atoms with van der Waals surface area (Å²) in [5.74, 6) is -0.235. The molecule has 5 atom stereocenters. The number of aliphatic hydroxyl groups excluding tert-OH is 1. The maximum atomic E-state index is 13.3. The van der Waals surface area contributed by atoms with Crippen LogP contribution in [-0.4, -0.2) is 46.6 Å². The summed E-state index contributed by atoms with van der Waals surface area (Å²) in [5, 5.41) is 12.0. The zero-order chi connectivity index (χ0) is 18.9. The fourth-order valence-corrected chi connectivity index (χ4v) is 6.04. The number of hydrogen-bond acceptors (Lipinski definition) is 4. The van der Waals surface area contributed by atoms with Crippen LogP contribution in [0, 0.1) is 11.8 Å². The Balaban J connectivity index is 1.86. The smallest absolute Gasteiger partial charge is 0.319 e. The number of nitrogens with one attached hydrogen (secondary N) is 1. The Morgan fingerprint density at radius 3 is 2.93 bits per heavy atom. The minimum atomic E-state index is -0.946. The molecular weight excluding hydrogens is 344 g/mol. The van der Waals surface area contributed by atoms with Crippen LogP contribution in [0.25, 0.3) is 10.9 Å². The number of esters is 1. The van der Waals surface area contributed by atoms with Crippen molar-refractivity contribution in [2.24, 2.45) is 11.8 Å². The zero-order valence-corrected chi connectivity index (χ0v) is 15.6. The Morgan fingerprint density at radius 1 is 1.41 bits per heavy atom. The van der Waals surface area contributed by atoms with Crippen LogP contribution in [0.15, 0.2) is 24.3 Å². The summed E-state index contributed by atoms with van der Waals surface area (Å²) in [6, 6.07) is 7.50. The number of carbonyl (C=O) groups excluding carboxylic acids is 2. The number of rotatable bonds is 2. The predicted octanol–water partition coefficient (Wildman–Crippen LogP) is 2.27. The van der Waals surface area contributed by atoms with E-state index in [1.54, 1.807) is 4.90 Å². The van der Waals surface area contributed by atoms with Gasteiger partial charge in [-0.15, -0.1) is 0 Å². The van der Waals surface area contributed by atoms with E-state index in [9.17, 15) is 14.7 Å². The molecule has 3 aliphatic heterocycles. The van der Waals surface area contributed by atoms with Gasteiger partial charge in [0.1, 0.15) is 5.41 Å². The molecule has 1 amide bonds. The number of aliphatic hydroxyl groups is 1. The number of ether oxygens (including phenoxy) is 1. The SMILES string of the molecule is CCC1CC2CC3(C(=O)OC)c4[nH]c5ccccc5c4C(O)CN(C2=O)C13. The van der Waals surface area contributed by atoms with Gasteiger partial charge < -0.3 is 19.7 Å². The third kappa shape index (κ3) is 1.94. The monoisotopic (exact) mass is 368 g/mol. The highest BCUT2D eigenvalue weighted by atomic mass is 16.5. The molecular formula is C21H24N2O4. The molecule has 1 aromatic heterocycles. The lowest BCUT2D eigenvalue weighted by Gasteiger charge is -2.57. The zero-order valence-electron chi connectivity index (χ0n) is 15.6. The van der Waals surface area contributed by atoms with Gasteiger partial charge in [-0.2, -0.15) is 0 Å². The lowest BCUT2D eigenvalue weighted by atomic mass is 9.56. The summed E-state index contributed by atoms with van der Waals surface area (Å²) in [6.07, 6.45) is 1.31. The molecule has 2 N–H and O–H groups in total. The van der Waals surface area contributed by atoms with Crippen molar-refractivity contribution in [1.82, 2.24) is 9.88 Å². The first-order chi connectivity index (χ1) is 13.0. The van der Waals surface area contributed by atoms with E-state index in [4.69, 9.17) is 4.74 Å². The number of aromatic nitrogens is 1.